The van der Waals surface area contributed by atoms with Crippen LogP contribution in [0.4, 0.5) is 0 Å². The summed E-state index contributed by atoms with van der Waals surface area (Å²) < 4.78 is 0. The predicted molar refractivity (Wildman–Crippen MR) is 111 cm³/mol. The standard InChI is InChI=1S/C25H29Cl/c26-25-9-5-4-8-22(25)21-13-12-20(23-15-17-10-11-19(23)14-17)16-24(21)18-6-2-1-3-7-18/h4-5,8-9,12-13,16-19,23H,1-3,6-7,10-11,14-15H2. The molecule has 1 heteroatoms. The first kappa shape index (κ1) is 16.9. The maximum atomic E-state index is 6.59. The van der Waals surface area contributed by atoms with Gasteiger partial charge < -0.3 is 0 Å². The number of hydrogen-bond donors (Lipinski definition) is 0. The minimum absolute atomic E-state index is 0.716. The highest BCUT2D eigenvalue weighted by Gasteiger charge is 2.40. The summed E-state index contributed by atoms with van der Waals surface area (Å²) in [5.41, 5.74) is 5.80. The quantitative estimate of drug-likeness (QED) is 0.518. The fourth-order valence-corrected chi connectivity index (χ4v) is 6.38. The Labute approximate surface area is 163 Å². The van der Waals surface area contributed by atoms with Gasteiger partial charge in [-0.1, -0.05) is 73.7 Å². The van der Waals surface area contributed by atoms with E-state index in [9.17, 15) is 0 Å². The minimum atomic E-state index is 0.716. The molecule has 3 atom stereocenters. The van der Waals surface area contributed by atoms with Crippen LogP contribution < -0.4 is 0 Å². The van der Waals surface area contributed by atoms with Crippen molar-refractivity contribution in [2.45, 2.75) is 69.6 Å². The number of halogens is 1. The lowest BCUT2D eigenvalue weighted by molar-refractivity contribution is 0.417. The van der Waals surface area contributed by atoms with E-state index in [2.05, 4.69) is 30.3 Å². The highest BCUT2D eigenvalue weighted by Crippen LogP contribution is 2.53. The third-order valence-corrected chi connectivity index (χ3v) is 7.78. The second-order valence-electron chi connectivity index (χ2n) is 8.94. The summed E-state index contributed by atoms with van der Waals surface area (Å²) in [7, 11) is 0. The number of rotatable bonds is 3. The Morgan fingerprint density at radius 2 is 1.62 bits per heavy atom. The molecule has 0 spiro atoms. The molecule has 0 aromatic heterocycles. The van der Waals surface area contributed by atoms with Gasteiger partial charge in [-0.05, 0) is 78.5 Å². The molecule has 3 aliphatic carbocycles. The summed E-state index contributed by atoms with van der Waals surface area (Å²) >= 11 is 6.59. The molecule has 2 aromatic rings. The molecular weight excluding hydrogens is 336 g/mol. The Morgan fingerprint density at radius 1 is 0.769 bits per heavy atom. The van der Waals surface area contributed by atoms with E-state index in [1.165, 1.54) is 68.9 Å². The van der Waals surface area contributed by atoms with Crippen molar-refractivity contribution in [1.29, 1.82) is 0 Å². The fourth-order valence-electron chi connectivity index (χ4n) is 6.14. The first-order chi connectivity index (χ1) is 12.8. The van der Waals surface area contributed by atoms with Crippen LogP contribution in [0.5, 0.6) is 0 Å². The van der Waals surface area contributed by atoms with E-state index in [1.54, 1.807) is 11.1 Å². The molecule has 3 aliphatic rings. The Kier molecular flexibility index (Phi) is 4.57. The smallest absolute Gasteiger partial charge is 0.0484 e. The van der Waals surface area contributed by atoms with Crippen molar-refractivity contribution in [2.75, 3.05) is 0 Å². The Bertz CT molecular complexity index is 786. The first-order valence-corrected chi connectivity index (χ1v) is 11.1. The minimum Gasteiger partial charge on any atom is -0.0837 e. The van der Waals surface area contributed by atoms with E-state index in [1.807, 2.05) is 12.1 Å². The van der Waals surface area contributed by atoms with Crippen molar-refractivity contribution in [3.05, 3.63) is 58.6 Å². The van der Waals surface area contributed by atoms with Crippen LogP contribution in [0.1, 0.15) is 80.8 Å². The monoisotopic (exact) mass is 364 g/mol. The Morgan fingerprint density at radius 3 is 2.35 bits per heavy atom. The van der Waals surface area contributed by atoms with Crippen LogP contribution in [0, 0.1) is 11.8 Å². The molecule has 0 amide bonds. The van der Waals surface area contributed by atoms with Crippen LogP contribution >= 0.6 is 11.6 Å². The topological polar surface area (TPSA) is 0 Å². The zero-order valence-corrected chi connectivity index (χ0v) is 16.3. The van der Waals surface area contributed by atoms with Gasteiger partial charge in [-0.25, -0.2) is 0 Å². The average Bonchev–Trinajstić information content (AvgIpc) is 3.32. The lowest BCUT2D eigenvalue weighted by Crippen LogP contribution is -2.11. The summed E-state index contributed by atoms with van der Waals surface area (Å²) in [6, 6.07) is 15.8. The molecule has 2 bridgehead atoms. The van der Waals surface area contributed by atoms with Crippen molar-refractivity contribution < 1.29 is 0 Å². The van der Waals surface area contributed by atoms with E-state index in [0.29, 0.717) is 5.92 Å². The molecule has 0 nitrogen and oxygen atoms in total. The largest absolute Gasteiger partial charge is 0.0837 e. The van der Waals surface area contributed by atoms with Crippen LogP contribution in [0.2, 0.25) is 5.02 Å². The SMILES string of the molecule is Clc1ccccc1-c1ccc(C2CC3CCC2C3)cc1C1CCCCC1. The molecule has 0 radical (unpaired) electrons. The maximum absolute atomic E-state index is 6.59. The van der Waals surface area contributed by atoms with Gasteiger partial charge >= 0.3 is 0 Å². The van der Waals surface area contributed by atoms with Crippen LogP contribution in [0.15, 0.2) is 42.5 Å². The van der Waals surface area contributed by atoms with Gasteiger partial charge in [0.2, 0.25) is 0 Å². The number of fused-ring (bicyclic) bond motifs is 2. The van der Waals surface area contributed by atoms with Crippen molar-refractivity contribution in [3.63, 3.8) is 0 Å². The second-order valence-corrected chi connectivity index (χ2v) is 9.35. The number of hydrogen-bond acceptors (Lipinski definition) is 0. The summed E-state index contributed by atoms with van der Waals surface area (Å²) in [5, 5.41) is 0.886. The van der Waals surface area contributed by atoms with Gasteiger partial charge in [-0.2, -0.15) is 0 Å². The van der Waals surface area contributed by atoms with Crippen molar-refractivity contribution in [3.8, 4) is 11.1 Å². The molecular formula is C25H29Cl. The highest BCUT2D eigenvalue weighted by atomic mass is 35.5. The third-order valence-electron chi connectivity index (χ3n) is 7.45. The van der Waals surface area contributed by atoms with Gasteiger partial charge in [-0.3, -0.25) is 0 Å². The molecule has 0 saturated heterocycles. The number of benzene rings is 2. The first-order valence-electron chi connectivity index (χ1n) is 10.7. The Hall–Kier alpha value is -1.27. The third kappa shape index (κ3) is 3.01. The predicted octanol–water partition coefficient (Wildman–Crippen LogP) is 7.96. The van der Waals surface area contributed by atoms with Crippen LogP contribution in [0.25, 0.3) is 11.1 Å². The van der Waals surface area contributed by atoms with Crippen molar-refractivity contribution >= 4 is 11.6 Å². The molecule has 3 fully saturated rings. The van der Waals surface area contributed by atoms with Crippen LogP contribution in [0.3, 0.4) is 0 Å². The lowest BCUT2D eigenvalue weighted by atomic mass is 9.77. The van der Waals surface area contributed by atoms with E-state index in [0.717, 1.165) is 22.8 Å². The van der Waals surface area contributed by atoms with E-state index in [-0.39, 0.29) is 0 Å². The van der Waals surface area contributed by atoms with Crippen LogP contribution in [-0.4, -0.2) is 0 Å². The molecule has 26 heavy (non-hydrogen) atoms. The zero-order valence-electron chi connectivity index (χ0n) is 15.6. The molecule has 3 unspecified atom stereocenters. The van der Waals surface area contributed by atoms with Gasteiger partial charge in [0.15, 0.2) is 0 Å². The summed E-state index contributed by atoms with van der Waals surface area (Å²) in [6.07, 6.45) is 12.7. The van der Waals surface area contributed by atoms with Gasteiger partial charge in [0, 0.05) is 10.6 Å². The van der Waals surface area contributed by atoms with E-state index < -0.39 is 0 Å². The van der Waals surface area contributed by atoms with Crippen LogP contribution in [-0.2, 0) is 0 Å². The van der Waals surface area contributed by atoms with Gasteiger partial charge in [0.1, 0.15) is 0 Å². The Balaban J connectivity index is 1.57. The van der Waals surface area contributed by atoms with Gasteiger partial charge in [0.25, 0.3) is 0 Å². The average molecular weight is 365 g/mol. The van der Waals surface area contributed by atoms with E-state index >= 15 is 0 Å². The molecule has 3 saturated carbocycles. The normalized spacial score (nSPS) is 28.6. The lowest BCUT2D eigenvalue weighted by Gasteiger charge is -2.28. The highest BCUT2D eigenvalue weighted by molar-refractivity contribution is 6.33. The molecule has 0 aliphatic heterocycles. The van der Waals surface area contributed by atoms with Gasteiger partial charge in [-0.15, -0.1) is 0 Å². The summed E-state index contributed by atoms with van der Waals surface area (Å²) in [4.78, 5) is 0. The molecule has 136 valence electrons. The van der Waals surface area contributed by atoms with Gasteiger partial charge in [0.05, 0.1) is 0 Å². The molecule has 0 N–H and O–H groups in total. The zero-order chi connectivity index (χ0) is 17.5. The summed E-state index contributed by atoms with van der Waals surface area (Å²) in [6.45, 7) is 0. The molecule has 2 aromatic carbocycles. The maximum Gasteiger partial charge on any atom is 0.0484 e. The second kappa shape index (κ2) is 7.04. The summed E-state index contributed by atoms with van der Waals surface area (Å²) in [5.74, 6) is 3.49. The van der Waals surface area contributed by atoms with Crippen molar-refractivity contribution in [2.24, 2.45) is 11.8 Å². The molecule has 0 heterocycles. The molecule has 5 rings (SSSR count). The fraction of sp³-hybridized carbons (Fsp3) is 0.520. The van der Waals surface area contributed by atoms with Crippen molar-refractivity contribution in [1.82, 2.24) is 0 Å². The van der Waals surface area contributed by atoms with E-state index in [4.69, 9.17) is 11.6 Å².